The molecule has 0 saturated heterocycles. The van der Waals surface area contributed by atoms with Crippen molar-refractivity contribution >= 4 is 33.4 Å². The number of sulfonamides is 1. The number of nitrogens with zero attached hydrogens (tertiary/aromatic N) is 2. The minimum Gasteiger partial charge on any atom is -0.406 e. The Morgan fingerprint density at radius 2 is 1.79 bits per heavy atom. The van der Waals surface area contributed by atoms with Crippen LogP contribution in [0.5, 0.6) is 5.75 Å². The lowest BCUT2D eigenvalue weighted by Crippen LogP contribution is -2.35. The molecule has 1 aliphatic rings. The molecule has 2 aromatic carbocycles. The minimum atomic E-state index is -4.82. The standard InChI is InChI=1S/C20H19F3N4O5S/c1-27(12-17(28)25-13-6-8-14(9-7-13)32-20(21,22)23)18(29)10-11-24-19-15-4-2-3-5-16(15)33(30,31)26-19/h2-9H,10-12H2,1H3,(H,24,26)(H,25,28). The van der Waals surface area contributed by atoms with Gasteiger partial charge in [0.2, 0.25) is 11.8 Å². The largest absolute Gasteiger partial charge is 0.573 e. The molecule has 2 N–H and O–H groups in total. The fraction of sp³-hybridized carbons (Fsp3) is 0.250. The molecule has 0 unspecified atom stereocenters. The summed E-state index contributed by atoms with van der Waals surface area (Å²) in [7, 11) is -2.27. The molecule has 0 aromatic heterocycles. The topological polar surface area (TPSA) is 117 Å². The molecule has 0 saturated carbocycles. The Morgan fingerprint density at radius 3 is 2.45 bits per heavy atom. The van der Waals surface area contributed by atoms with Crippen molar-refractivity contribution in [1.82, 2.24) is 9.62 Å². The second-order valence-electron chi connectivity index (χ2n) is 6.95. The van der Waals surface area contributed by atoms with E-state index in [4.69, 9.17) is 0 Å². The average molecular weight is 484 g/mol. The Morgan fingerprint density at radius 1 is 1.12 bits per heavy atom. The molecule has 3 rings (SSSR count). The molecule has 0 aliphatic carbocycles. The smallest absolute Gasteiger partial charge is 0.406 e. The number of aliphatic imine (C=N–C) groups is 1. The van der Waals surface area contributed by atoms with Crippen LogP contribution in [-0.2, 0) is 19.6 Å². The molecular weight excluding hydrogens is 465 g/mol. The van der Waals surface area contributed by atoms with Gasteiger partial charge in [0.15, 0.2) is 0 Å². The van der Waals surface area contributed by atoms with Gasteiger partial charge in [-0.1, -0.05) is 12.1 Å². The number of hydrogen-bond acceptors (Lipinski definition) is 6. The highest BCUT2D eigenvalue weighted by Crippen LogP contribution is 2.24. The molecule has 0 atom stereocenters. The van der Waals surface area contributed by atoms with E-state index in [0.29, 0.717) is 5.56 Å². The molecule has 2 aromatic rings. The number of anilines is 1. The van der Waals surface area contributed by atoms with Gasteiger partial charge in [0.05, 0.1) is 18.0 Å². The molecular formula is C20H19F3N4O5S. The molecule has 9 nitrogen and oxygen atoms in total. The summed E-state index contributed by atoms with van der Waals surface area (Å²) in [5.74, 6) is -1.24. The second kappa shape index (κ2) is 9.48. The molecule has 0 radical (unpaired) electrons. The van der Waals surface area contributed by atoms with Crippen molar-refractivity contribution in [2.45, 2.75) is 17.7 Å². The van der Waals surface area contributed by atoms with Gasteiger partial charge in [-0.2, -0.15) is 0 Å². The third-order valence-corrected chi connectivity index (χ3v) is 5.83. The summed E-state index contributed by atoms with van der Waals surface area (Å²) in [5, 5.41) is 2.46. The highest BCUT2D eigenvalue weighted by atomic mass is 32.2. The number of fused-ring (bicyclic) bond motifs is 1. The van der Waals surface area contributed by atoms with Crippen LogP contribution in [0.15, 0.2) is 58.4 Å². The number of nitrogens with one attached hydrogen (secondary N) is 2. The summed E-state index contributed by atoms with van der Waals surface area (Å²) in [5.41, 5.74) is 0.651. The maximum absolute atomic E-state index is 12.3. The zero-order valence-corrected chi connectivity index (χ0v) is 18.0. The van der Waals surface area contributed by atoms with E-state index in [-0.39, 0.29) is 35.9 Å². The van der Waals surface area contributed by atoms with Crippen molar-refractivity contribution in [1.29, 1.82) is 0 Å². The lowest BCUT2D eigenvalue weighted by Gasteiger charge is -2.16. The van der Waals surface area contributed by atoms with Crippen molar-refractivity contribution in [3.05, 3.63) is 54.1 Å². The van der Waals surface area contributed by atoms with Gasteiger partial charge in [0, 0.05) is 24.7 Å². The van der Waals surface area contributed by atoms with Crippen LogP contribution in [0.2, 0.25) is 0 Å². The van der Waals surface area contributed by atoms with Gasteiger partial charge >= 0.3 is 6.36 Å². The number of ether oxygens (including phenoxy) is 1. The van der Waals surface area contributed by atoms with Crippen LogP contribution in [0.1, 0.15) is 12.0 Å². The van der Waals surface area contributed by atoms with E-state index in [1.54, 1.807) is 18.2 Å². The van der Waals surface area contributed by atoms with Gasteiger partial charge in [-0.15, -0.1) is 13.2 Å². The monoisotopic (exact) mass is 484 g/mol. The SMILES string of the molecule is CN(CC(=O)Nc1ccc(OC(F)(F)F)cc1)C(=O)CCN=C1NS(=O)(=O)c2ccccc21. The first-order valence-corrected chi connectivity index (χ1v) is 11.0. The predicted molar refractivity (Wildman–Crippen MR) is 112 cm³/mol. The zero-order chi connectivity index (χ0) is 24.2. The summed E-state index contributed by atoms with van der Waals surface area (Å²) < 4.78 is 66.7. The van der Waals surface area contributed by atoms with Gasteiger partial charge in [0.1, 0.15) is 11.6 Å². The van der Waals surface area contributed by atoms with Gasteiger partial charge < -0.3 is 15.0 Å². The Bertz CT molecular complexity index is 1180. The number of amides is 2. The van der Waals surface area contributed by atoms with Gasteiger partial charge in [0.25, 0.3) is 10.0 Å². The lowest BCUT2D eigenvalue weighted by atomic mass is 10.2. The fourth-order valence-corrected chi connectivity index (χ4v) is 4.20. The summed E-state index contributed by atoms with van der Waals surface area (Å²) in [4.78, 5) is 29.8. The van der Waals surface area contributed by atoms with Crippen molar-refractivity contribution < 1.29 is 35.9 Å². The molecule has 176 valence electrons. The van der Waals surface area contributed by atoms with E-state index >= 15 is 0 Å². The van der Waals surface area contributed by atoms with Crippen LogP contribution in [-0.4, -0.2) is 57.5 Å². The number of hydrogen-bond donors (Lipinski definition) is 2. The quantitative estimate of drug-likeness (QED) is 0.624. The highest BCUT2D eigenvalue weighted by molar-refractivity contribution is 7.90. The lowest BCUT2D eigenvalue weighted by molar-refractivity contribution is -0.274. The van der Waals surface area contributed by atoms with Gasteiger partial charge in [-0.25, -0.2) is 8.42 Å². The van der Waals surface area contributed by atoms with E-state index in [1.807, 2.05) is 0 Å². The number of carbonyl (C=O) groups is 2. The van der Waals surface area contributed by atoms with Crippen LogP contribution in [0.25, 0.3) is 0 Å². The number of likely N-dealkylation sites (N-methyl/N-ethyl adjacent to an activating group) is 1. The fourth-order valence-electron chi connectivity index (χ4n) is 2.95. The summed E-state index contributed by atoms with van der Waals surface area (Å²) in [6.45, 7) is -0.302. The van der Waals surface area contributed by atoms with Crippen LogP contribution in [0.3, 0.4) is 0 Å². The predicted octanol–water partition coefficient (Wildman–Crippen LogP) is 2.11. The summed E-state index contributed by atoms with van der Waals surface area (Å²) in [6, 6.07) is 10.9. The number of carbonyl (C=O) groups excluding carboxylic acids is 2. The summed E-state index contributed by atoms with van der Waals surface area (Å²) >= 11 is 0. The van der Waals surface area contributed by atoms with Gasteiger partial charge in [-0.05, 0) is 36.4 Å². The maximum Gasteiger partial charge on any atom is 0.573 e. The highest BCUT2D eigenvalue weighted by Gasteiger charge is 2.31. The molecule has 1 heterocycles. The first-order valence-electron chi connectivity index (χ1n) is 9.51. The van der Waals surface area contributed by atoms with Crippen LogP contribution < -0.4 is 14.8 Å². The Kier molecular flexibility index (Phi) is 6.91. The summed E-state index contributed by atoms with van der Waals surface area (Å²) in [6.07, 6.45) is -4.88. The van der Waals surface area contributed by atoms with E-state index in [0.717, 1.165) is 17.0 Å². The van der Waals surface area contributed by atoms with E-state index in [2.05, 4.69) is 19.8 Å². The van der Waals surface area contributed by atoms with E-state index < -0.39 is 33.9 Å². The zero-order valence-electron chi connectivity index (χ0n) is 17.2. The molecule has 1 aliphatic heterocycles. The number of amidine groups is 1. The Balaban J connectivity index is 1.49. The minimum absolute atomic E-state index is 0.00233. The third-order valence-electron chi connectivity index (χ3n) is 4.44. The van der Waals surface area contributed by atoms with Crippen LogP contribution >= 0.6 is 0 Å². The number of rotatable bonds is 7. The molecule has 33 heavy (non-hydrogen) atoms. The van der Waals surface area contributed by atoms with Crippen molar-refractivity contribution in [2.24, 2.45) is 4.99 Å². The number of halogens is 3. The Hall–Kier alpha value is -3.61. The second-order valence-corrected chi connectivity index (χ2v) is 8.60. The van der Waals surface area contributed by atoms with Crippen LogP contribution in [0.4, 0.5) is 18.9 Å². The van der Waals surface area contributed by atoms with Gasteiger partial charge in [-0.3, -0.25) is 19.3 Å². The third kappa shape index (κ3) is 6.44. The maximum atomic E-state index is 12.3. The number of alkyl halides is 3. The number of benzene rings is 2. The molecule has 13 heteroatoms. The molecule has 0 fully saturated rings. The molecule has 0 spiro atoms. The molecule has 0 bridgehead atoms. The van der Waals surface area contributed by atoms with E-state index in [9.17, 15) is 31.2 Å². The first-order chi connectivity index (χ1) is 15.4. The Labute approximate surface area is 187 Å². The first kappa shape index (κ1) is 24.0. The normalized spacial score (nSPS) is 15.5. The van der Waals surface area contributed by atoms with Crippen molar-refractivity contribution in [2.75, 3.05) is 25.5 Å². The molecule has 2 amide bonds. The van der Waals surface area contributed by atoms with Crippen LogP contribution in [0, 0.1) is 0 Å². The van der Waals surface area contributed by atoms with E-state index in [1.165, 1.54) is 25.2 Å². The van der Waals surface area contributed by atoms with Crippen molar-refractivity contribution in [3.63, 3.8) is 0 Å². The average Bonchev–Trinajstić information content (AvgIpc) is 2.99. The van der Waals surface area contributed by atoms with Crippen molar-refractivity contribution in [3.8, 4) is 5.75 Å².